The number of benzene rings is 2. The first-order valence-electron chi connectivity index (χ1n) is 8.92. The third-order valence-electron chi connectivity index (χ3n) is 5.04. The number of rotatable bonds is 5. The molecule has 24 heavy (non-hydrogen) atoms. The van der Waals surface area contributed by atoms with Crippen LogP contribution in [0.15, 0.2) is 54.6 Å². The fourth-order valence-corrected chi connectivity index (χ4v) is 3.57. The van der Waals surface area contributed by atoms with E-state index in [1.807, 2.05) is 12.1 Å². The lowest BCUT2D eigenvalue weighted by Crippen LogP contribution is -2.49. The van der Waals surface area contributed by atoms with Gasteiger partial charge in [-0.25, -0.2) is 0 Å². The molecule has 0 aliphatic carbocycles. The number of hydrogen-bond donors (Lipinski definition) is 1. The molecule has 1 unspecified atom stereocenters. The van der Waals surface area contributed by atoms with Gasteiger partial charge in [0.05, 0.1) is 12.6 Å². The predicted molar refractivity (Wildman–Crippen MR) is 98.9 cm³/mol. The molecule has 128 valence electrons. The summed E-state index contributed by atoms with van der Waals surface area (Å²) in [7, 11) is 0. The normalized spacial score (nSPS) is 18.0. The van der Waals surface area contributed by atoms with Crippen molar-refractivity contribution in [3.63, 3.8) is 0 Å². The van der Waals surface area contributed by atoms with Crippen molar-refractivity contribution < 1.29 is 5.11 Å². The van der Waals surface area contributed by atoms with Crippen molar-refractivity contribution in [3.8, 4) is 0 Å². The molecule has 1 aliphatic rings. The lowest BCUT2D eigenvalue weighted by Gasteiger charge is -2.41. The van der Waals surface area contributed by atoms with Crippen molar-refractivity contribution in [2.75, 3.05) is 26.2 Å². The molecule has 2 aromatic rings. The molecule has 0 saturated carbocycles. The van der Waals surface area contributed by atoms with E-state index >= 15 is 0 Å². The zero-order chi connectivity index (χ0) is 16.9. The number of nitrogens with zero attached hydrogens (tertiary/aromatic N) is 2. The highest BCUT2D eigenvalue weighted by molar-refractivity contribution is 5.33. The van der Waals surface area contributed by atoms with Crippen molar-refractivity contribution in [2.45, 2.75) is 32.5 Å². The van der Waals surface area contributed by atoms with Crippen LogP contribution in [0, 0.1) is 0 Å². The van der Waals surface area contributed by atoms with Crippen LogP contribution in [0.1, 0.15) is 36.6 Å². The van der Waals surface area contributed by atoms with Gasteiger partial charge in [-0.3, -0.25) is 9.80 Å². The van der Waals surface area contributed by atoms with E-state index in [0.717, 1.165) is 31.7 Å². The molecule has 1 N–H and O–H groups in total. The molecule has 1 heterocycles. The van der Waals surface area contributed by atoms with E-state index in [0.29, 0.717) is 6.04 Å². The monoisotopic (exact) mass is 324 g/mol. The molecule has 2 aromatic carbocycles. The molecule has 1 fully saturated rings. The van der Waals surface area contributed by atoms with Crippen LogP contribution in [0.5, 0.6) is 0 Å². The van der Waals surface area contributed by atoms with Crippen LogP contribution >= 0.6 is 0 Å². The van der Waals surface area contributed by atoms with Gasteiger partial charge in [-0.1, -0.05) is 54.6 Å². The molecule has 0 spiro atoms. The Kier molecular flexibility index (Phi) is 5.67. The molecule has 3 rings (SSSR count). The largest absolute Gasteiger partial charge is 0.392 e. The second kappa shape index (κ2) is 7.93. The quantitative estimate of drug-likeness (QED) is 0.914. The van der Waals surface area contributed by atoms with Crippen molar-refractivity contribution in [1.29, 1.82) is 0 Å². The van der Waals surface area contributed by atoms with Crippen LogP contribution in [0.3, 0.4) is 0 Å². The average molecular weight is 324 g/mol. The molecule has 0 amide bonds. The Morgan fingerprint density at radius 3 is 1.88 bits per heavy atom. The van der Waals surface area contributed by atoms with Gasteiger partial charge in [0.25, 0.3) is 0 Å². The highest BCUT2D eigenvalue weighted by atomic mass is 16.3. The van der Waals surface area contributed by atoms with Gasteiger partial charge in [-0.15, -0.1) is 0 Å². The topological polar surface area (TPSA) is 26.7 Å². The first-order valence-corrected chi connectivity index (χ1v) is 8.92. The van der Waals surface area contributed by atoms with Crippen LogP contribution < -0.4 is 0 Å². The van der Waals surface area contributed by atoms with Gasteiger partial charge in [0.2, 0.25) is 0 Å². The van der Waals surface area contributed by atoms with Crippen molar-refractivity contribution in [2.24, 2.45) is 0 Å². The van der Waals surface area contributed by atoms with Gasteiger partial charge in [0, 0.05) is 32.2 Å². The summed E-state index contributed by atoms with van der Waals surface area (Å²) in [4.78, 5) is 5.13. The maximum atomic E-state index is 9.30. The maximum Gasteiger partial charge on any atom is 0.0681 e. The average Bonchev–Trinajstić information content (AvgIpc) is 2.64. The second-order valence-electron chi connectivity index (χ2n) is 6.88. The van der Waals surface area contributed by atoms with Gasteiger partial charge in [0.1, 0.15) is 0 Å². The Bertz CT molecular complexity index is 616. The maximum absolute atomic E-state index is 9.30. The van der Waals surface area contributed by atoms with Crippen molar-refractivity contribution >= 4 is 0 Å². The van der Waals surface area contributed by atoms with Gasteiger partial charge >= 0.3 is 0 Å². The Morgan fingerprint density at radius 2 is 1.33 bits per heavy atom. The minimum atomic E-state index is 0.101. The zero-order valence-electron chi connectivity index (χ0n) is 14.7. The Morgan fingerprint density at radius 1 is 0.792 bits per heavy atom. The molecule has 3 nitrogen and oxygen atoms in total. The minimum absolute atomic E-state index is 0.101. The van der Waals surface area contributed by atoms with Crippen LogP contribution in [0.2, 0.25) is 0 Å². The summed E-state index contributed by atoms with van der Waals surface area (Å²) >= 11 is 0. The lowest BCUT2D eigenvalue weighted by molar-refractivity contribution is 0.0892. The van der Waals surface area contributed by atoms with Gasteiger partial charge < -0.3 is 5.11 Å². The Balaban J connectivity index is 1.86. The van der Waals surface area contributed by atoms with E-state index < -0.39 is 0 Å². The summed E-state index contributed by atoms with van der Waals surface area (Å²) in [5.41, 5.74) is 3.61. The molecule has 0 radical (unpaired) electrons. The van der Waals surface area contributed by atoms with Crippen LogP contribution in [-0.2, 0) is 6.61 Å². The predicted octanol–water partition coefficient (Wildman–Crippen LogP) is 3.29. The standard InChI is InChI=1S/C21H28N2O/c1-17(2)22-12-14-23(15-13-22)21(19-6-4-3-5-7-19)20-10-8-18(16-24)9-11-20/h3-11,17,21,24H,12-16H2,1-2H3. The van der Waals surface area contributed by atoms with Crippen molar-refractivity contribution in [1.82, 2.24) is 9.80 Å². The van der Waals surface area contributed by atoms with Gasteiger partial charge in [-0.05, 0) is 30.5 Å². The summed E-state index contributed by atoms with van der Waals surface area (Å²) < 4.78 is 0. The van der Waals surface area contributed by atoms with Crippen LogP contribution in [0.25, 0.3) is 0 Å². The zero-order valence-corrected chi connectivity index (χ0v) is 14.7. The van der Waals surface area contributed by atoms with E-state index in [1.54, 1.807) is 0 Å². The molecular formula is C21H28N2O. The van der Waals surface area contributed by atoms with E-state index in [-0.39, 0.29) is 12.6 Å². The van der Waals surface area contributed by atoms with E-state index in [9.17, 15) is 5.11 Å². The number of aliphatic hydroxyl groups is 1. The smallest absolute Gasteiger partial charge is 0.0681 e. The molecule has 1 aliphatic heterocycles. The molecule has 0 aromatic heterocycles. The first-order chi connectivity index (χ1) is 11.7. The summed E-state index contributed by atoms with van der Waals surface area (Å²) in [6, 6.07) is 20.1. The second-order valence-corrected chi connectivity index (χ2v) is 6.88. The van der Waals surface area contributed by atoms with Crippen LogP contribution in [-0.4, -0.2) is 47.1 Å². The highest BCUT2D eigenvalue weighted by Crippen LogP contribution is 2.30. The molecular weight excluding hydrogens is 296 g/mol. The van der Waals surface area contributed by atoms with Crippen LogP contribution in [0.4, 0.5) is 0 Å². The highest BCUT2D eigenvalue weighted by Gasteiger charge is 2.27. The molecule has 3 heteroatoms. The summed E-state index contributed by atoms with van der Waals surface area (Å²) in [5.74, 6) is 0. The van der Waals surface area contributed by atoms with E-state index in [4.69, 9.17) is 0 Å². The molecule has 1 saturated heterocycles. The molecule has 0 bridgehead atoms. The fraction of sp³-hybridized carbons (Fsp3) is 0.429. The Hall–Kier alpha value is -1.68. The minimum Gasteiger partial charge on any atom is -0.392 e. The third kappa shape index (κ3) is 3.86. The number of aliphatic hydroxyl groups excluding tert-OH is 1. The summed E-state index contributed by atoms with van der Waals surface area (Å²) in [6.45, 7) is 9.06. The number of piperazine rings is 1. The fourth-order valence-electron chi connectivity index (χ4n) is 3.57. The van der Waals surface area contributed by atoms with Crippen molar-refractivity contribution in [3.05, 3.63) is 71.3 Å². The summed E-state index contributed by atoms with van der Waals surface area (Å²) in [5, 5.41) is 9.30. The van der Waals surface area contributed by atoms with Gasteiger partial charge in [0.15, 0.2) is 0 Å². The number of hydrogen-bond acceptors (Lipinski definition) is 3. The lowest BCUT2D eigenvalue weighted by atomic mass is 9.95. The molecule has 1 atom stereocenters. The Labute approximate surface area is 145 Å². The summed E-state index contributed by atoms with van der Waals surface area (Å²) in [6.07, 6.45) is 0. The van der Waals surface area contributed by atoms with Gasteiger partial charge in [-0.2, -0.15) is 0 Å². The third-order valence-corrected chi connectivity index (χ3v) is 5.04. The van der Waals surface area contributed by atoms with E-state index in [2.05, 4.69) is 66.1 Å². The first kappa shape index (κ1) is 17.2. The van der Waals surface area contributed by atoms with E-state index in [1.165, 1.54) is 11.1 Å². The SMILES string of the molecule is CC(C)N1CCN(C(c2ccccc2)c2ccc(CO)cc2)CC1.